The van der Waals surface area contributed by atoms with E-state index in [0.29, 0.717) is 24.0 Å². The molecule has 182 valence electrons. The van der Waals surface area contributed by atoms with Crippen molar-refractivity contribution in [2.24, 2.45) is 0 Å². The summed E-state index contributed by atoms with van der Waals surface area (Å²) in [6.07, 6.45) is -0.798. The molecule has 34 heavy (non-hydrogen) atoms. The topological polar surface area (TPSA) is 134 Å². The number of alkyl carbamates (subject to hydrolysis) is 1. The number of carbonyl (C=O) groups excluding carboxylic acids is 4. The Kier molecular flexibility index (Phi) is 7.91. The maximum Gasteiger partial charge on any atom is 0.409 e. The summed E-state index contributed by atoms with van der Waals surface area (Å²) < 4.78 is 10.6. The second-order valence-corrected chi connectivity index (χ2v) is 8.97. The first-order chi connectivity index (χ1) is 16.1. The summed E-state index contributed by atoms with van der Waals surface area (Å²) in [5.41, 5.74) is 1.24. The standard InChI is InChI=1S/C24H29N3O7/c1-24(2,3)34-23(32)26-20(14-28)33-12-5-4-7-15-8-6-9-16-17(15)13-27(22(16)31)18-10-11-19(29)25-21(18)30/h6,8-9,18,20,28H,5,10-14H2,1-3H3,(H,26,32)(H,25,29,30)/t18?,20-/m1/s1. The van der Waals surface area contributed by atoms with Crippen LogP contribution in [0.3, 0.4) is 0 Å². The van der Waals surface area contributed by atoms with Gasteiger partial charge < -0.3 is 19.5 Å². The predicted octanol–water partition coefficient (Wildman–Crippen LogP) is 1.05. The van der Waals surface area contributed by atoms with Gasteiger partial charge in [-0.3, -0.25) is 25.0 Å². The fraction of sp³-hybridized carbons (Fsp3) is 0.500. The van der Waals surface area contributed by atoms with Crippen molar-refractivity contribution in [3.8, 4) is 11.8 Å². The first-order valence-corrected chi connectivity index (χ1v) is 11.1. The highest BCUT2D eigenvalue weighted by molar-refractivity contribution is 6.05. The summed E-state index contributed by atoms with van der Waals surface area (Å²) in [6.45, 7) is 5.18. The van der Waals surface area contributed by atoms with Gasteiger partial charge in [-0.1, -0.05) is 17.9 Å². The molecule has 4 amide bonds. The van der Waals surface area contributed by atoms with E-state index in [2.05, 4.69) is 22.5 Å². The zero-order chi connectivity index (χ0) is 24.9. The van der Waals surface area contributed by atoms with Crippen molar-refractivity contribution < 1.29 is 33.8 Å². The van der Waals surface area contributed by atoms with E-state index in [1.54, 1.807) is 39.0 Å². The molecule has 0 saturated carbocycles. The van der Waals surface area contributed by atoms with Gasteiger partial charge in [-0.2, -0.15) is 0 Å². The van der Waals surface area contributed by atoms with Crippen LogP contribution >= 0.6 is 0 Å². The van der Waals surface area contributed by atoms with E-state index in [1.807, 2.05) is 0 Å². The fourth-order valence-electron chi connectivity index (χ4n) is 3.69. The summed E-state index contributed by atoms with van der Waals surface area (Å²) in [7, 11) is 0. The maximum atomic E-state index is 12.9. The van der Waals surface area contributed by atoms with Crippen molar-refractivity contribution >= 4 is 23.8 Å². The molecule has 3 N–H and O–H groups in total. The van der Waals surface area contributed by atoms with E-state index in [0.717, 1.165) is 5.56 Å². The Morgan fingerprint density at radius 3 is 2.76 bits per heavy atom. The number of ether oxygens (including phenoxy) is 2. The van der Waals surface area contributed by atoms with Gasteiger partial charge in [-0.25, -0.2) is 4.79 Å². The van der Waals surface area contributed by atoms with Crippen molar-refractivity contribution in [2.75, 3.05) is 13.2 Å². The number of imide groups is 1. The van der Waals surface area contributed by atoms with E-state index >= 15 is 0 Å². The average Bonchev–Trinajstić information content (AvgIpc) is 3.08. The molecular weight excluding hydrogens is 442 g/mol. The van der Waals surface area contributed by atoms with Crippen LogP contribution in [0.15, 0.2) is 18.2 Å². The van der Waals surface area contributed by atoms with E-state index < -0.39 is 36.5 Å². The number of amides is 4. The summed E-state index contributed by atoms with van der Waals surface area (Å²) in [4.78, 5) is 49.8. The summed E-state index contributed by atoms with van der Waals surface area (Å²) in [5, 5.41) is 14.1. The number of rotatable bonds is 6. The fourth-order valence-corrected chi connectivity index (χ4v) is 3.69. The lowest BCUT2D eigenvalue weighted by atomic mass is 10.0. The molecule has 1 unspecified atom stereocenters. The number of piperidine rings is 1. The molecule has 0 spiro atoms. The Morgan fingerprint density at radius 1 is 1.32 bits per heavy atom. The van der Waals surface area contributed by atoms with Crippen molar-refractivity contribution in [3.05, 3.63) is 34.9 Å². The summed E-state index contributed by atoms with van der Waals surface area (Å²) in [5.74, 6) is 4.96. The van der Waals surface area contributed by atoms with Gasteiger partial charge >= 0.3 is 6.09 Å². The number of nitrogens with zero attached hydrogens (tertiary/aromatic N) is 1. The Hall–Kier alpha value is -3.42. The molecule has 10 heteroatoms. The molecule has 0 bridgehead atoms. The molecule has 1 saturated heterocycles. The van der Waals surface area contributed by atoms with Crippen LogP contribution in [0.2, 0.25) is 0 Å². The van der Waals surface area contributed by atoms with Crippen LogP contribution in [0.4, 0.5) is 4.79 Å². The largest absolute Gasteiger partial charge is 0.444 e. The van der Waals surface area contributed by atoms with Gasteiger partial charge in [0.25, 0.3) is 5.91 Å². The number of aliphatic hydroxyl groups is 1. The third-order valence-corrected chi connectivity index (χ3v) is 5.19. The van der Waals surface area contributed by atoms with Crippen molar-refractivity contribution in [3.63, 3.8) is 0 Å². The molecule has 10 nitrogen and oxygen atoms in total. The zero-order valence-corrected chi connectivity index (χ0v) is 19.5. The molecule has 0 aliphatic carbocycles. The smallest absolute Gasteiger partial charge is 0.409 e. The minimum absolute atomic E-state index is 0.157. The van der Waals surface area contributed by atoms with Crippen LogP contribution in [0.1, 0.15) is 61.5 Å². The lowest BCUT2D eigenvalue weighted by molar-refractivity contribution is -0.136. The Balaban J connectivity index is 1.57. The summed E-state index contributed by atoms with van der Waals surface area (Å²) >= 11 is 0. The number of hydrogen-bond acceptors (Lipinski definition) is 7. The van der Waals surface area contributed by atoms with Crippen LogP contribution in [-0.4, -0.2) is 64.9 Å². The van der Waals surface area contributed by atoms with Gasteiger partial charge in [0.2, 0.25) is 11.8 Å². The Bertz CT molecular complexity index is 1040. The predicted molar refractivity (Wildman–Crippen MR) is 120 cm³/mol. The molecule has 2 atom stereocenters. The average molecular weight is 472 g/mol. The second kappa shape index (κ2) is 10.7. The van der Waals surface area contributed by atoms with Gasteiger partial charge in [0.05, 0.1) is 13.2 Å². The number of nitrogens with one attached hydrogen (secondary N) is 2. The zero-order valence-electron chi connectivity index (χ0n) is 19.5. The van der Waals surface area contributed by atoms with Crippen molar-refractivity contribution in [1.29, 1.82) is 0 Å². The monoisotopic (exact) mass is 471 g/mol. The number of hydrogen-bond donors (Lipinski definition) is 3. The molecule has 3 rings (SSSR count). The van der Waals surface area contributed by atoms with Gasteiger partial charge in [0.1, 0.15) is 11.6 Å². The van der Waals surface area contributed by atoms with Gasteiger partial charge in [-0.15, -0.1) is 0 Å². The maximum absolute atomic E-state index is 12.9. The summed E-state index contributed by atoms with van der Waals surface area (Å²) in [6, 6.07) is 4.55. The number of fused-ring (bicyclic) bond motifs is 1. The minimum atomic E-state index is -0.919. The first kappa shape index (κ1) is 25.2. The third kappa shape index (κ3) is 6.34. The number of benzene rings is 1. The van der Waals surface area contributed by atoms with Gasteiger partial charge in [0.15, 0.2) is 6.23 Å². The molecule has 2 aliphatic heterocycles. The normalized spacial score (nSPS) is 18.5. The molecular formula is C24H29N3O7. The quantitative estimate of drug-likeness (QED) is 0.244. The van der Waals surface area contributed by atoms with Crippen LogP contribution < -0.4 is 10.6 Å². The van der Waals surface area contributed by atoms with E-state index in [9.17, 15) is 24.3 Å². The Labute approximate surface area is 198 Å². The highest BCUT2D eigenvalue weighted by atomic mass is 16.6. The van der Waals surface area contributed by atoms with Gasteiger partial charge in [0, 0.05) is 30.5 Å². The molecule has 1 aromatic rings. The highest BCUT2D eigenvalue weighted by Gasteiger charge is 2.39. The van der Waals surface area contributed by atoms with Crippen molar-refractivity contribution in [1.82, 2.24) is 15.5 Å². The number of aliphatic hydroxyl groups excluding tert-OH is 1. The molecule has 2 heterocycles. The van der Waals surface area contributed by atoms with E-state index in [4.69, 9.17) is 9.47 Å². The highest BCUT2D eigenvalue weighted by Crippen LogP contribution is 2.29. The van der Waals surface area contributed by atoms with Gasteiger partial charge in [-0.05, 0) is 44.9 Å². The Morgan fingerprint density at radius 2 is 2.09 bits per heavy atom. The SMILES string of the molecule is CC(C)(C)OC(=O)N[C@@H](CO)OCCC#Cc1cccc2c1CN(C1CCC(=O)NC1=O)C2=O. The first-order valence-electron chi connectivity index (χ1n) is 11.1. The van der Waals surface area contributed by atoms with E-state index in [1.165, 1.54) is 4.90 Å². The molecule has 2 aliphatic rings. The molecule has 1 aromatic carbocycles. The van der Waals surface area contributed by atoms with E-state index in [-0.39, 0.29) is 31.4 Å². The van der Waals surface area contributed by atoms with Crippen LogP contribution in [-0.2, 0) is 25.6 Å². The number of carbonyl (C=O) groups is 4. The lowest BCUT2D eigenvalue weighted by Crippen LogP contribution is -2.52. The molecule has 0 radical (unpaired) electrons. The van der Waals surface area contributed by atoms with Crippen molar-refractivity contribution in [2.45, 2.75) is 64.4 Å². The third-order valence-electron chi connectivity index (χ3n) is 5.19. The van der Waals surface area contributed by atoms with Crippen LogP contribution in [0.5, 0.6) is 0 Å². The van der Waals surface area contributed by atoms with Crippen LogP contribution in [0.25, 0.3) is 0 Å². The minimum Gasteiger partial charge on any atom is -0.444 e. The molecule has 0 aromatic heterocycles. The lowest BCUT2D eigenvalue weighted by Gasteiger charge is -2.29. The second-order valence-electron chi connectivity index (χ2n) is 8.97. The molecule has 1 fully saturated rings. The van der Waals surface area contributed by atoms with Crippen LogP contribution in [0, 0.1) is 11.8 Å².